The molecule has 2 aliphatic rings. The van der Waals surface area contributed by atoms with Crippen molar-refractivity contribution in [3.05, 3.63) is 84.1 Å². The van der Waals surface area contributed by atoms with Crippen LogP contribution in [0.25, 0.3) is 44.8 Å². The molecule has 2 aliphatic carbocycles. The summed E-state index contributed by atoms with van der Waals surface area (Å²) in [6.45, 7) is 0. The van der Waals surface area contributed by atoms with E-state index in [0.29, 0.717) is 17.4 Å². The first kappa shape index (κ1) is 25.9. The summed E-state index contributed by atoms with van der Waals surface area (Å²) >= 11 is 0. The highest BCUT2D eigenvalue weighted by atomic mass is 16.4. The van der Waals surface area contributed by atoms with Gasteiger partial charge in [0.1, 0.15) is 5.82 Å². The molecule has 0 spiro atoms. The highest BCUT2D eigenvalue weighted by molar-refractivity contribution is 6.01. The van der Waals surface area contributed by atoms with Crippen LogP contribution >= 0.6 is 0 Å². The number of hydrogen-bond acceptors (Lipinski definition) is 6. The van der Waals surface area contributed by atoms with Gasteiger partial charge in [-0.25, -0.2) is 4.98 Å². The normalized spacial score (nSPS) is 16.6. The second kappa shape index (κ2) is 9.90. The molecule has 2 aromatic carbocycles. The Kier molecular flexibility index (Phi) is 5.96. The third-order valence-corrected chi connectivity index (χ3v) is 9.65. The van der Waals surface area contributed by atoms with Gasteiger partial charge in [0.05, 0.1) is 28.0 Å². The van der Waals surface area contributed by atoms with Crippen molar-refractivity contribution in [1.29, 1.82) is 0 Å². The Hall–Kier alpha value is -4.79. The van der Waals surface area contributed by atoms with Gasteiger partial charge in [-0.05, 0) is 86.1 Å². The number of pyridine rings is 1. The van der Waals surface area contributed by atoms with Crippen LogP contribution in [0, 0.1) is 0 Å². The number of carbonyl (C=O) groups is 1. The van der Waals surface area contributed by atoms with Crippen LogP contribution in [-0.4, -0.2) is 35.2 Å². The van der Waals surface area contributed by atoms with E-state index < -0.39 is 5.54 Å². The Bertz CT molecular complexity index is 1980. The van der Waals surface area contributed by atoms with Crippen LogP contribution in [0.15, 0.2) is 71.6 Å². The molecule has 6 aromatic rings. The van der Waals surface area contributed by atoms with E-state index in [-0.39, 0.29) is 5.91 Å². The van der Waals surface area contributed by atoms with Gasteiger partial charge in [0, 0.05) is 42.3 Å². The SMILES string of the molecule is Cn1c(C2(NC(=O)c3ccc4c(C5CCCC5)c(-c5ccccn5)n(C)c4c3)CCC2)nc2ccc(-c3nnco3)cc21. The van der Waals surface area contributed by atoms with Crippen molar-refractivity contribution in [3.8, 4) is 22.8 Å². The fourth-order valence-electron chi connectivity index (χ4n) is 7.32. The van der Waals surface area contributed by atoms with Gasteiger partial charge in [-0.2, -0.15) is 0 Å². The predicted octanol–water partition coefficient (Wildman–Crippen LogP) is 6.64. The van der Waals surface area contributed by atoms with Crippen molar-refractivity contribution >= 4 is 27.8 Å². The topological polar surface area (TPSA) is 104 Å². The minimum Gasteiger partial charge on any atom is -0.423 e. The van der Waals surface area contributed by atoms with Crippen LogP contribution < -0.4 is 5.32 Å². The number of imidazole rings is 1. The van der Waals surface area contributed by atoms with Crippen LogP contribution in [0.1, 0.15) is 72.6 Å². The summed E-state index contributed by atoms with van der Waals surface area (Å²) in [4.78, 5) is 23.7. The van der Waals surface area contributed by atoms with Crippen LogP contribution in [0.2, 0.25) is 0 Å². The van der Waals surface area contributed by atoms with E-state index in [9.17, 15) is 4.79 Å². The number of fused-ring (bicyclic) bond motifs is 2. The number of carbonyl (C=O) groups excluding carboxylic acids is 1. The maximum Gasteiger partial charge on any atom is 0.252 e. The number of rotatable bonds is 6. The van der Waals surface area contributed by atoms with Crippen molar-refractivity contribution in [2.75, 3.05) is 0 Å². The fraction of sp³-hybridized carbons (Fsp3) is 0.324. The first-order valence-corrected chi connectivity index (χ1v) is 15.1. The zero-order chi connectivity index (χ0) is 29.1. The largest absolute Gasteiger partial charge is 0.423 e. The third-order valence-electron chi connectivity index (χ3n) is 9.65. The zero-order valence-corrected chi connectivity index (χ0v) is 24.4. The Labute approximate surface area is 249 Å². The van der Waals surface area contributed by atoms with Crippen molar-refractivity contribution in [2.24, 2.45) is 14.1 Å². The van der Waals surface area contributed by atoms with Crippen LogP contribution in [0.5, 0.6) is 0 Å². The molecule has 216 valence electrons. The van der Waals surface area contributed by atoms with E-state index in [0.717, 1.165) is 58.6 Å². The molecule has 4 heterocycles. The fourth-order valence-corrected chi connectivity index (χ4v) is 7.32. The third kappa shape index (κ3) is 4.09. The number of amides is 1. The molecule has 2 saturated carbocycles. The molecule has 1 N–H and O–H groups in total. The van der Waals surface area contributed by atoms with Gasteiger partial charge in [0.25, 0.3) is 5.91 Å². The summed E-state index contributed by atoms with van der Waals surface area (Å²) in [7, 11) is 4.11. The average molecular weight is 572 g/mol. The van der Waals surface area contributed by atoms with Gasteiger partial charge in [0.2, 0.25) is 12.3 Å². The Balaban J connectivity index is 1.16. The van der Waals surface area contributed by atoms with Crippen molar-refractivity contribution < 1.29 is 9.21 Å². The van der Waals surface area contributed by atoms with Crippen LogP contribution in [0.4, 0.5) is 0 Å². The summed E-state index contributed by atoms with van der Waals surface area (Å²) in [5.74, 6) is 1.76. The molecule has 2 fully saturated rings. The molecule has 0 saturated heterocycles. The average Bonchev–Trinajstić information content (AvgIpc) is 3.83. The lowest BCUT2D eigenvalue weighted by Gasteiger charge is -2.41. The van der Waals surface area contributed by atoms with E-state index in [4.69, 9.17) is 14.4 Å². The number of nitrogens with zero attached hydrogens (tertiary/aromatic N) is 6. The maximum atomic E-state index is 13.9. The van der Waals surface area contributed by atoms with Crippen molar-refractivity contribution in [2.45, 2.75) is 56.4 Å². The molecule has 8 rings (SSSR count). The van der Waals surface area contributed by atoms with E-state index >= 15 is 0 Å². The minimum atomic E-state index is -0.521. The Morgan fingerprint density at radius 1 is 0.977 bits per heavy atom. The number of aryl methyl sites for hydroxylation is 2. The van der Waals surface area contributed by atoms with E-state index in [1.165, 1.54) is 43.0 Å². The molecule has 1 amide bonds. The summed E-state index contributed by atoms with van der Waals surface area (Å²) in [6, 6.07) is 18.2. The Morgan fingerprint density at radius 2 is 1.84 bits per heavy atom. The first-order chi connectivity index (χ1) is 21.0. The molecule has 0 atom stereocenters. The highest BCUT2D eigenvalue weighted by Gasteiger charge is 2.44. The van der Waals surface area contributed by atoms with E-state index in [2.05, 4.69) is 43.8 Å². The van der Waals surface area contributed by atoms with Crippen LogP contribution in [-0.2, 0) is 19.6 Å². The summed E-state index contributed by atoms with van der Waals surface area (Å²) in [6.07, 6.45) is 10.8. The van der Waals surface area contributed by atoms with Crippen molar-refractivity contribution in [3.63, 3.8) is 0 Å². The molecule has 4 aromatic heterocycles. The first-order valence-electron chi connectivity index (χ1n) is 15.1. The summed E-state index contributed by atoms with van der Waals surface area (Å²) in [5, 5.41) is 12.5. The number of nitrogens with one attached hydrogen (secondary N) is 1. The van der Waals surface area contributed by atoms with Crippen LogP contribution in [0.3, 0.4) is 0 Å². The van der Waals surface area contributed by atoms with Crippen molar-refractivity contribution in [1.82, 2.24) is 34.6 Å². The molecule has 0 radical (unpaired) electrons. The second-order valence-electron chi connectivity index (χ2n) is 12.1. The van der Waals surface area contributed by atoms with Gasteiger partial charge in [-0.1, -0.05) is 25.0 Å². The summed E-state index contributed by atoms with van der Waals surface area (Å²) in [5.41, 5.74) is 7.37. The molecule has 0 aliphatic heterocycles. The molecule has 9 heteroatoms. The number of aromatic nitrogens is 6. The predicted molar refractivity (Wildman–Crippen MR) is 164 cm³/mol. The van der Waals surface area contributed by atoms with Gasteiger partial charge in [-0.3, -0.25) is 9.78 Å². The monoisotopic (exact) mass is 571 g/mol. The lowest BCUT2D eigenvalue weighted by Crippen LogP contribution is -2.52. The van der Waals surface area contributed by atoms with E-state index in [1.807, 2.05) is 55.7 Å². The quantitative estimate of drug-likeness (QED) is 0.240. The van der Waals surface area contributed by atoms with E-state index in [1.54, 1.807) is 0 Å². The smallest absolute Gasteiger partial charge is 0.252 e. The number of benzene rings is 2. The standard InChI is InChI=1S/C34H33N7O2/c1-40-27-18-22(11-13-24(27)29(21-8-3-4-9-21)30(40)26-10-5-6-17-35-26)31(42)38-34(15-7-16-34)33-37-25-14-12-23(19-28(25)41(33)2)32-39-36-20-43-32/h5-6,10-14,17-21H,3-4,7-9,15-16H2,1-2H3,(H,38,42). The zero-order valence-electron chi connectivity index (χ0n) is 24.4. The molecule has 0 bridgehead atoms. The van der Waals surface area contributed by atoms with Gasteiger partial charge in [-0.15, -0.1) is 10.2 Å². The van der Waals surface area contributed by atoms with Gasteiger partial charge >= 0.3 is 0 Å². The molecular formula is C34H33N7O2. The summed E-state index contributed by atoms with van der Waals surface area (Å²) < 4.78 is 9.72. The molecular weight excluding hydrogens is 538 g/mol. The lowest BCUT2D eigenvalue weighted by molar-refractivity contribution is 0.0805. The molecule has 0 unspecified atom stereocenters. The molecule has 43 heavy (non-hydrogen) atoms. The Morgan fingerprint density at radius 3 is 2.56 bits per heavy atom. The lowest BCUT2D eigenvalue weighted by atomic mass is 9.75. The van der Waals surface area contributed by atoms with Gasteiger partial charge in [0.15, 0.2) is 0 Å². The van der Waals surface area contributed by atoms with Gasteiger partial charge < -0.3 is 18.9 Å². The number of hydrogen-bond donors (Lipinski definition) is 1. The maximum absolute atomic E-state index is 13.9. The highest BCUT2D eigenvalue weighted by Crippen LogP contribution is 2.45. The molecule has 9 nitrogen and oxygen atoms in total. The second-order valence-corrected chi connectivity index (χ2v) is 12.1. The minimum absolute atomic E-state index is 0.0804.